The predicted molar refractivity (Wildman–Crippen MR) is 123 cm³/mol. The van der Waals surface area contributed by atoms with Crippen LogP contribution >= 0.6 is 23.4 Å². The van der Waals surface area contributed by atoms with Gasteiger partial charge in [-0.2, -0.15) is 0 Å². The van der Waals surface area contributed by atoms with Gasteiger partial charge in [-0.15, -0.1) is 10.2 Å². The largest absolute Gasteiger partial charge is 0.326 e. The van der Waals surface area contributed by atoms with Crippen LogP contribution in [0.25, 0.3) is 11.4 Å². The van der Waals surface area contributed by atoms with Crippen molar-refractivity contribution >= 4 is 46.8 Å². The minimum atomic E-state index is -0.443. The van der Waals surface area contributed by atoms with Gasteiger partial charge >= 0.3 is 0 Å². The number of rotatable bonds is 7. The van der Waals surface area contributed by atoms with Gasteiger partial charge in [-0.25, -0.2) is 0 Å². The zero-order valence-corrected chi connectivity index (χ0v) is 19.0. The normalized spacial score (nSPS) is 10.5. The van der Waals surface area contributed by atoms with Gasteiger partial charge in [-0.1, -0.05) is 23.4 Å². The second kappa shape index (κ2) is 10.8. The fraction of sp³-hybridized carbons (Fsp3) is 0.190. The zero-order chi connectivity index (χ0) is 23.1. The van der Waals surface area contributed by atoms with Crippen LogP contribution in [0.5, 0.6) is 0 Å². The molecule has 0 atom stereocenters. The van der Waals surface area contributed by atoms with E-state index in [-0.39, 0.29) is 17.6 Å². The number of benzene rings is 2. The van der Waals surface area contributed by atoms with Gasteiger partial charge in [-0.05, 0) is 55.5 Å². The summed E-state index contributed by atoms with van der Waals surface area (Å²) in [5.41, 5.74) is 6.65. The summed E-state index contributed by atoms with van der Waals surface area (Å²) in [7, 11) is 0. The van der Waals surface area contributed by atoms with E-state index in [0.29, 0.717) is 33.8 Å². The van der Waals surface area contributed by atoms with Crippen molar-refractivity contribution < 1.29 is 14.4 Å². The number of thioether (sulfide) groups is 1. The van der Waals surface area contributed by atoms with E-state index in [1.807, 2.05) is 23.6 Å². The molecule has 3 aromatic rings. The van der Waals surface area contributed by atoms with E-state index in [4.69, 9.17) is 11.6 Å². The fourth-order valence-corrected chi connectivity index (χ4v) is 3.69. The molecule has 3 amide bonds. The first kappa shape index (κ1) is 23.3. The molecule has 0 bridgehead atoms. The number of carbonyl (C=O) groups is 3. The van der Waals surface area contributed by atoms with Gasteiger partial charge in [0.05, 0.1) is 5.75 Å². The predicted octanol–water partition coefficient (Wildman–Crippen LogP) is 3.13. The van der Waals surface area contributed by atoms with Crippen LogP contribution in [0.15, 0.2) is 53.7 Å². The molecule has 0 saturated heterocycles. The molecular weight excluding hydrogens is 452 g/mol. The molecule has 0 fully saturated rings. The van der Waals surface area contributed by atoms with Crippen LogP contribution in [-0.2, 0) is 16.1 Å². The van der Waals surface area contributed by atoms with Gasteiger partial charge in [0.1, 0.15) is 0 Å². The molecule has 0 saturated carbocycles. The van der Waals surface area contributed by atoms with Crippen molar-refractivity contribution in [2.45, 2.75) is 25.5 Å². The van der Waals surface area contributed by atoms with Crippen LogP contribution in [0.2, 0.25) is 5.02 Å². The molecule has 0 aliphatic carbocycles. The molecule has 2 aromatic carbocycles. The monoisotopic (exact) mass is 472 g/mol. The van der Waals surface area contributed by atoms with E-state index in [2.05, 4.69) is 26.4 Å². The van der Waals surface area contributed by atoms with Crippen LogP contribution in [0.3, 0.4) is 0 Å². The Labute approximate surface area is 193 Å². The molecule has 0 radical (unpaired) electrons. The average molecular weight is 473 g/mol. The Bertz CT molecular complexity index is 1120. The SMILES string of the molecule is CCn1c(SCC(=O)NNC(=O)c2ccc(Cl)cc2)nnc1-c1ccc(NC(C)=O)cc1. The number of nitrogens with one attached hydrogen (secondary N) is 3. The van der Waals surface area contributed by atoms with Gasteiger partial charge in [0.15, 0.2) is 11.0 Å². The summed E-state index contributed by atoms with van der Waals surface area (Å²) < 4.78 is 1.89. The van der Waals surface area contributed by atoms with Crippen molar-refractivity contribution in [3.63, 3.8) is 0 Å². The van der Waals surface area contributed by atoms with Crippen LogP contribution in [-0.4, -0.2) is 38.2 Å². The maximum absolute atomic E-state index is 12.1. The molecule has 11 heteroatoms. The molecular formula is C21H21ClN6O3S. The summed E-state index contributed by atoms with van der Waals surface area (Å²) >= 11 is 7.01. The van der Waals surface area contributed by atoms with Crippen molar-refractivity contribution in [1.29, 1.82) is 0 Å². The van der Waals surface area contributed by atoms with E-state index < -0.39 is 5.91 Å². The standard InChI is InChI=1S/C21H21ClN6O3S/c1-3-28-19(14-6-10-17(11-7-14)23-13(2)29)25-27-21(28)32-12-18(30)24-26-20(31)15-4-8-16(22)9-5-15/h4-11H,3,12H2,1-2H3,(H,23,29)(H,24,30)(H,26,31). The lowest BCUT2D eigenvalue weighted by atomic mass is 10.2. The topological polar surface area (TPSA) is 118 Å². The lowest BCUT2D eigenvalue weighted by Crippen LogP contribution is -2.42. The molecule has 9 nitrogen and oxygen atoms in total. The Balaban J connectivity index is 1.57. The Morgan fingerprint density at radius 2 is 1.69 bits per heavy atom. The number of anilines is 1. The van der Waals surface area contributed by atoms with Gasteiger partial charge < -0.3 is 9.88 Å². The minimum absolute atomic E-state index is 0.0422. The molecule has 1 heterocycles. The minimum Gasteiger partial charge on any atom is -0.326 e. The Kier molecular flexibility index (Phi) is 7.85. The lowest BCUT2D eigenvalue weighted by Gasteiger charge is -2.09. The van der Waals surface area contributed by atoms with Crippen molar-refractivity contribution in [1.82, 2.24) is 25.6 Å². The first-order valence-electron chi connectivity index (χ1n) is 9.66. The highest BCUT2D eigenvalue weighted by molar-refractivity contribution is 7.99. The van der Waals surface area contributed by atoms with E-state index in [0.717, 1.165) is 5.56 Å². The molecule has 3 N–H and O–H groups in total. The van der Waals surface area contributed by atoms with E-state index in [9.17, 15) is 14.4 Å². The highest BCUT2D eigenvalue weighted by Gasteiger charge is 2.15. The summed E-state index contributed by atoms with van der Waals surface area (Å²) in [6.07, 6.45) is 0. The van der Waals surface area contributed by atoms with Gasteiger partial charge in [0, 0.05) is 35.3 Å². The van der Waals surface area contributed by atoms with Crippen molar-refractivity contribution in [3.05, 3.63) is 59.1 Å². The molecule has 0 aliphatic rings. The lowest BCUT2D eigenvalue weighted by molar-refractivity contribution is -0.119. The fourth-order valence-electron chi connectivity index (χ4n) is 2.77. The first-order chi connectivity index (χ1) is 15.4. The number of aromatic nitrogens is 3. The van der Waals surface area contributed by atoms with Gasteiger partial charge in [0.25, 0.3) is 5.91 Å². The van der Waals surface area contributed by atoms with Crippen LogP contribution in [0.1, 0.15) is 24.2 Å². The maximum Gasteiger partial charge on any atom is 0.269 e. The van der Waals surface area contributed by atoms with Gasteiger partial charge in [0.2, 0.25) is 11.8 Å². The number of carbonyl (C=O) groups excluding carboxylic acids is 3. The number of amides is 3. The summed E-state index contributed by atoms with van der Waals surface area (Å²) in [4.78, 5) is 35.4. The highest BCUT2D eigenvalue weighted by atomic mass is 35.5. The third-order valence-electron chi connectivity index (χ3n) is 4.25. The summed E-state index contributed by atoms with van der Waals surface area (Å²) in [5.74, 6) is -0.275. The smallest absolute Gasteiger partial charge is 0.269 e. The molecule has 0 aliphatic heterocycles. The highest BCUT2D eigenvalue weighted by Crippen LogP contribution is 2.25. The summed E-state index contributed by atoms with van der Waals surface area (Å²) in [6.45, 7) is 4.01. The molecule has 0 spiro atoms. The number of hydrazine groups is 1. The van der Waals surface area contributed by atoms with E-state index >= 15 is 0 Å². The molecule has 0 unspecified atom stereocenters. The maximum atomic E-state index is 12.1. The quantitative estimate of drug-likeness (QED) is 0.359. The number of hydrogen-bond acceptors (Lipinski definition) is 6. The van der Waals surface area contributed by atoms with Crippen LogP contribution in [0.4, 0.5) is 5.69 Å². The number of hydrogen-bond donors (Lipinski definition) is 3. The summed E-state index contributed by atoms with van der Waals surface area (Å²) in [6, 6.07) is 13.6. The Hall–Kier alpha value is -3.37. The van der Waals surface area contributed by atoms with Crippen LogP contribution < -0.4 is 16.2 Å². The van der Waals surface area contributed by atoms with E-state index in [1.165, 1.54) is 18.7 Å². The zero-order valence-electron chi connectivity index (χ0n) is 17.4. The Morgan fingerprint density at radius 1 is 1.00 bits per heavy atom. The third kappa shape index (κ3) is 6.08. The van der Waals surface area contributed by atoms with Gasteiger partial charge in [-0.3, -0.25) is 25.2 Å². The number of halogens is 1. The molecule has 1 aromatic heterocycles. The average Bonchev–Trinajstić information content (AvgIpc) is 3.19. The van der Waals surface area contributed by atoms with Crippen LogP contribution in [0, 0.1) is 0 Å². The van der Waals surface area contributed by atoms with Crippen molar-refractivity contribution in [2.24, 2.45) is 0 Å². The van der Waals surface area contributed by atoms with E-state index in [1.54, 1.807) is 36.4 Å². The Morgan fingerprint density at radius 3 is 2.31 bits per heavy atom. The third-order valence-corrected chi connectivity index (χ3v) is 5.47. The van der Waals surface area contributed by atoms with Crippen molar-refractivity contribution in [2.75, 3.05) is 11.1 Å². The molecule has 3 rings (SSSR count). The second-order valence-corrected chi connectivity index (χ2v) is 7.99. The second-order valence-electron chi connectivity index (χ2n) is 6.61. The van der Waals surface area contributed by atoms with Crippen molar-refractivity contribution in [3.8, 4) is 11.4 Å². The first-order valence-corrected chi connectivity index (χ1v) is 11.0. The summed E-state index contributed by atoms with van der Waals surface area (Å²) in [5, 5.41) is 12.2. The molecule has 32 heavy (non-hydrogen) atoms. The molecule has 166 valence electrons. The number of nitrogens with zero attached hydrogens (tertiary/aromatic N) is 3.